The molecular formula is C15H23NO2. The Labute approximate surface area is 110 Å². The molecule has 2 rings (SSSR count). The average Bonchev–Trinajstić information content (AvgIpc) is 2.36. The summed E-state index contributed by atoms with van der Waals surface area (Å²) < 4.78 is 11.6. The van der Waals surface area contributed by atoms with Gasteiger partial charge in [-0.15, -0.1) is 0 Å². The van der Waals surface area contributed by atoms with Crippen molar-refractivity contribution in [3.63, 3.8) is 0 Å². The van der Waals surface area contributed by atoms with Crippen LogP contribution in [-0.4, -0.2) is 44.4 Å². The van der Waals surface area contributed by atoms with Gasteiger partial charge in [0.15, 0.2) is 0 Å². The Morgan fingerprint density at radius 2 is 1.94 bits per heavy atom. The lowest BCUT2D eigenvalue weighted by molar-refractivity contribution is -0.0435. The third-order valence-electron chi connectivity index (χ3n) is 3.77. The SMILES string of the molecule is CO[C@@H]1CN(C)CC[C@H]1Oc1ccc(C)c(C)c1. The van der Waals surface area contributed by atoms with Crippen LogP contribution in [0.2, 0.25) is 0 Å². The van der Waals surface area contributed by atoms with E-state index in [4.69, 9.17) is 9.47 Å². The Morgan fingerprint density at radius 1 is 1.17 bits per heavy atom. The lowest BCUT2D eigenvalue weighted by Crippen LogP contribution is -2.48. The van der Waals surface area contributed by atoms with Gasteiger partial charge >= 0.3 is 0 Å². The molecule has 3 nitrogen and oxygen atoms in total. The number of likely N-dealkylation sites (tertiary alicyclic amines) is 1. The van der Waals surface area contributed by atoms with E-state index in [1.165, 1.54) is 11.1 Å². The van der Waals surface area contributed by atoms with Gasteiger partial charge in [-0.25, -0.2) is 0 Å². The maximum atomic E-state index is 6.09. The van der Waals surface area contributed by atoms with Crippen molar-refractivity contribution in [1.29, 1.82) is 0 Å². The second kappa shape index (κ2) is 5.72. The fraction of sp³-hybridized carbons (Fsp3) is 0.600. The summed E-state index contributed by atoms with van der Waals surface area (Å²) in [6, 6.07) is 6.27. The minimum atomic E-state index is 0.158. The van der Waals surface area contributed by atoms with Gasteiger partial charge in [0.1, 0.15) is 18.0 Å². The number of rotatable bonds is 3. The summed E-state index contributed by atoms with van der Waals surface area (Å²) in [6.07, 6.45) is 1.33. The van der Waals surface area contributed by atoms with Gasteiger partial charge in [0.2, 0.25) is 0 Å². The summed E-state index contributed by atoms with van der Waals surface area (Å²) in [5, 5.41) is 0. The summed E-state index contributed by atoms with van der Waals surface area (Å²) in [5.74, 6) is 0.953. The maximum absolute atomic E-state index is 6.09. The largest absolute Gasteiger partial charge is 0.488 e. The van der Waals surface area contributed by atoms with E-state index in [9.17, 15) is 0 Å². The smallest absolute Gasteiger partial charge is 0.127 e. The van der Waals surface area contributed by atoms with Gasteiger partial charge in [-0.05, 0) is 50.6 Å². The summed E-state index contributed by atoms with van der Waals surface area (Å²) >= 11 is 0. The van der Waals surface area contributed by atoms with Crippen LogP contribution in [0.3, 0.4) is 0 Å². The first-order valence-corrected chi connectivity index (χ1v) is 6.55. The third kappa shape index (κ3) is 3.03. The number of piperidine rings is 1. The molecule has 0 unspecified atom stereocenters. The van der Waals surface area contributed by atoms with E-state index in [2.05, 4.69) is 37.9 Å². The minimum absolute atomic E-state index is 0.158. The second-order valence-corrected chi connectivity index (χ2v) is 5.23. The van der Waals surface area contributed by atoms with Crippen LogP contribution in [0.15, 0.2) is 18.2 Å². The highest BCUT2D eigenvalue weighted by atomic mass is 16.5. The van der Waals surface area contributed by atoms with Crippen molar-refractivity contribution in [2.24, 2.45) is 0 Å². The molecule has 1 aliphatic heterocycles. The molecule has 1 saturated heterocycles. The number of nitrogens with zero attached hydrogens (tertiary/aromatic N) is 1. The summed E-state index contributed by atoms with van der Waals surface area (Å²) in [7, 11) is 3.89. The van der Waals surface area contributed by atoms with Crippen molar-refractivity contribution in [3.05, 3.63) is 29.3 Å². The van der Waals surface area contributed by atoms with Gasteiger partial charge in [0.25, 0.3) is 0 Å². The van der Waals surface area contributed by atoms with Crippen LogP contribution in [0.5, 0.6) is 5.75 Å². The van der Waals surface area contributed by atoms with Gasteiger partial charge in [-0.3, -0.25) is 0 Å². The number of benzene rings is 1. The molecule has 0 saturated carbocycles. The predicted octanol–water partition coefficient (Wildman–Crippen LogP) is 2.40. The van der Waals surface area contributed by atoms with E-state index in [1.807, 2.05) is 6.07 Å². The summed E-state index contributed by atoms with van der Waals surface area (Å²) in [6.45, 7) is 6.23. The Morgan fingerprint density at radius 3 is 2.61 bits per heavy atom. The molecule has 0 aliphatic carbocycles. The average molecular weight is 249 g/mol. The highest BCUT2D eigenvalue weighted by Gasteiger charge is 2.29. The molecule has 1 heterocycles. The molecule has 1 aromatic carbocycles. The zero-order valence-electron chi connectivity index (χ0n) is 11.8. The van der Waals surface area contributed by atoms with Crippen molar-refractivity contribution in [2.45, 2.75) is 32.5 Å². The van der Waals surface area contributed by atoms with E-state index in [0.29, 0.717) is 0 Å². The van der Waals surface area contributed by atoms with E-state index in [-0.39, 0.29) is 12.2 Å². The summed E-state index contributed by atoms with van der Waals surface area (Å²) in [5.41, 5.74) is 2.57. The minimum Gasteiger partial charge on any atom is -0.488 e. The lowest BCUT2D eigenvalue weighted by Gasteiger charge is -2.35. The Kier molecular flexibility index (Phi) is 4.25. The highest BCUT2D eigenvalue weighted by molar-refractivity contribution is 5.34. The zero-order chi connectivity index (χ0) is 13.1. The topological polar surface area (TPSA) is 21.7 Å². The van der Waals surface area contributed by atoms with Gasteiger partial charge < -0.3 is 14.4 Å². The highest BCUT2D eigenvalue weighted by Crippen LogP contribution is 2.22. The standard InChI is InChI=1S/C15H23NO2/c1-11-5-6-13(9-12(11)2)18-14-7-8-16(3)10-15(14)17-4/h5-6,9,14-15H,7-8,10H2,1-4H3/t14-,15-/m1/s1. The number of likely N-dealkylation sites (N-methyl/N-ethyl adjacent to an activating group) is 1. The molecule has 1 aromatic rings. The van der Waals surface area contributed by atoms with E-state index in [0.717, 1.165) is 25.3 Å². The van der Waals surface area contributed by atoms with Crippen LogP contribution in [0.25, 0.3) is 0 Å². The molecular weight excluding hydrogens is 226 g/mol. The Balaban J connectivity index is 2.05. The van der Waals surface area contributed by atoms with Gasteiger partial charge in [-0.2, -0.15) is 0 Å². The van der Waals surface area contributed by atoms with Gasteiger partial charge in [0.05, 0.1) is 0 Å². The molecule has 1 fully saturated rings. The second-order valence-electron chi connectivity index (χ2n) is 5.23. The summed E-state index contributed by atoms with van der Waals surface area (Å²) in [4.78, 5) is 2.29. The Hall–Kier alpha value is -1.06. The van der Waals surface area contributed by atoms with Gasteiger partial charge in [0, 0.05) is 20.2 Å². The molecule has 1 aliphatic rings. The van der Waals surface area contributed by atoms with Crippen LogP contribution < -0.4 is 4.74 Å². The molecule has 3 heteroatoms. The van der Waals surface area contributed by atoms with E-state index < -0.39 is 0 Å². The third-order valence-corrected chi connectivity index (χ3v) is 3.77. The van der Waals surface area contributed by atoms with E-state index >= 15 is 0 Å². The molecule has 18 heavy (non-hydrogen) atoms. The fourth-order valence-corrected chi connectivity index (χ4v) is 2.37. The first kappa shape index (κ1) is 13.4. The number of aryl methyl sites for hydroxylation is 2. The number of ether oxygens (including phenoxy) is 2. The number of hydrogen-bond donors (Lipinski definition) is 0. The van der Waals surface area contributed by atoms with Crippen molar-refractivity contribution in [3.8, 4) is 5.75 Å². The number of methoxy groups -OCH3 is 1. The lowest BCUT2D eigenvalue weighted by atomic mass is 10.0. The fourth-order valence-electron chi connectivity index (χ4n) is 2.37. The van der Waals surface area contributed by atoms with Crippen LogP contribution in [0, 0.1) is 13.8 Å². The molecule has 2 atom stereocenters. The Bertz CT molecular complexity index is 405. The molecule has 0 bridgehead atoms. The quantitative estimate of drug-likeness (QED) is 0.821. The normalized spacial score (nSPS) is 25.1. The van der Waals surface area contributed by atoms with Crippen LogP contribution >= 0.6 is 0 Å². The molecule has 0 aromatic heterocycles. The van der Waals surface area contributed by atoms with Crippen molar-refractivity contribution in [2.75, 3.05) is 27.2 Å². The number of hydrogen-bond acceptors (Lipinski definition) is 3. The molecule has 100 valence electrons. The van der Waals surface area contributed by atoms with Gasteiger partial charge in [-0.1, -0.05) is 6.07 Å². The van der Waals surface area contributed by atoms with Crippen LogP contribution in [-0.2, 0) is 4.74 Å². The van der Waals surface area contributed by atoms with Crippen molar-refractivity contribution < 1.29 is 9.47 Å². The molecule has 0 amide bonds. The molecule has 0 radical (unpaired) electrons. The van der Waals surface area contributed by atoms with Crippen molar-refractivity contribution >= 4 is 0 Å². The molecule has 0 spiro atoms. The first-order valence-electron chi connectivity index (χ1n) is 6.55. The monoisotopic (exact) mass is 249 g/mol. The predicted molar refractivity (Wildman–Crippen MR) is 73.2 cm³/mol. The first-order chi connectivity index (χ1) is 8.60. The molecule has 0 N–H and O–H groups in total. The van der Waals surface area contributed by atoms with E-state index in [1.54, 1.807) is 7.11 Å². The zero-order valence-corrected chi connectivity index (χ0v) is 11.8. The van der Waals surface area contributed by atoms with Crippen molar-refractivity contribution in [1.82, 2.24) is 4.90 Å². The van der Waals surface area contributed by atoms with Crippen LogP contribution in [0.1, 0.15) is 17.5 Å². The maximum Gasteiger partial charge on any atom is 0.127 e. The van der Waals surface area contributed by atoms with Crippen LogP contribution in [0.4, 0.5) is 0 Å².